The van der Waals surface area contributed by atoms with Crippen LogP contribution in [0.3, 0.4) is 0 Å². The molecule has 0 atom stereocenters. The van der Waals surface area contributed by atoms with Gasteiger partial charge in [0.2, 0.25) is 5.91 Å². The molecule has 1 fully saturated rings. The summed E-state index contributed by atoms with van der Waals surface area (Å²) in [6, 6.07) is 8.06. The second-order valence-corrected chi connectivity index (χ2v) is 5.99. The maximum atomic E-state index is 12.3. The molecule has 0 unspecified atom stereocenters. The molecule has 25 heavy (non-hydrogen) atoms. The Hall–Kier alpha value is -1.17. The van der Waals surface area contributed by atoms with E-state index in [1.807, 2.05) is 23.1 Å². The van der Waals surface area contributed by atoms with Gasteiger partial charge in [-0.05, 0) is 31.5 Å². The summed E-state index contributed by atoms with van der Waals surface area (Å²) in [5.74, 6) is 1.18. The number of hydrogen-bond donors (Lipinski definition) is 1. The largest absolute Gasteiger partial charge is 0.495 e. The zero-order valence-corrected chi connectivity index (χ0v) is 16.6. The second-order valence-electron chi connectivity index (χ2n) is 5.99. The summed E-state index contributed by atoms with van der Waals surface area (Å²) in [4.78, 5) is 16.5. The first-order chi connectivity index (χ1) is 11.3. The molecule has 1 saturated heterocycles. The van der Waals surface area contributed by atoms with Crippen molar-refractivity contribution in [2.75, 3.05) is 44.7 Å². The molecule has 1 heterocycles. The summed E-state index contributed by atoms with van der Waals surface area (Å²) in [6.07, 6.45) is 4.94. The average Bonchev–Trinajstić information content (AvgIpc) is 2.61. The Bertz CT molecular complexity index is 495. The number of nitrogens with zero attached hydrogens (tertiary/aromatic N) is 2. The van der Waals surface area contributed by atoms with Crippen molar-refractivity contribution in [1.82, 2.24) is 4.90 Å². The molecule has 0 aromatic heterocycles. The van der Waals surface area contributed by atoms with Crippen molar-refractivity contribution in [2.24, 2.45) is 5.73 Å². The lowest BCUT2D eigenvalue weighted by Crippen LogP contribution is -2.48. The van der Waals surface area contributed by atoms with Crippen LogP contribution >= 0.6 is 24.8 Å². The summed E-state index contributed by atoms with van der Waals surface area (Å²) < 4.78 is 5.43. The lowest BCUT2D eigenvalue weighted by atomic mass is 10.1. The predicted molar refractivity (Wildman–Crippen MR) is 108 cm³/mol. The van der Waals surface area contributed by atoms with E-state index < -0.39 is 0 Å². The Kier molecular flexibility index (Phi) is 12.5. The van der Waals surface area contributed by atoms with Crippen molar-refractivity contribution in [3.8, 4) is 5.75 Å². The minimum absolute atomic E-state index is 0. The molecular formula is C18H31Cl2N3O2. The molecule has 0 saturated carbocycles. The van der Waals surface area contributed by atoms with E-state index in [1.54, 1.807) is 7.11 Å². The van der Waals surface area contributed by atoms with E-state index in [0.717, 1.165) is 69.8 Å². The minimum atomic E-state index is 0. The summed E-state index contributed by atoms with van der Waals surface area (Å²) in [5.41, 5.74) is 6.60. The minimum Gasteiger partial charge on any atom is -0.495 e. The topological polar surface area (TPSA) is 58.8 Å². The van der Waals surface area contributed by atoms with Gasteiger partial charge in [-0.1, -0.05) is 25.0 Å². The third kappa shape index (κ3) is 7.30. The standard InChI is InChI=1S/C18H29N3O2.2ClH/c1-23-17-9-6-5-8-16(17)20-12-14-21(15-13-20)18(22)10-4-2-3-7-11-19;;/h5-6,8-9H,2-4,7,10-15,19H2,1H3;2*1H. The molecule has 5 nitrogen and oxygen atoms in total. The van der Waals surface area contributed by atoms with Crippen LogP contribution < -0.4 is 15.4 Å². The lowest BCUT2D eigenvalue weighted by molar-refractivity contribution is -0.131. The van der Waals surface area contributed by atoms with Crippen LogP contribution in [-0.2, 0) is 4.79 Å². The number of benzene rings is 1. The summed E-state index contributed by atoms with van der Waals surface area (Å²) in [7, 11) is 1.70. The quantitative estimate of drug-likeness (QED) is 0.691. The van der Waals surface area contributed by atoms with E-state index in [4.69, 9.17) is 10.5 Å². The van der Waals surface area contributed by atoms with Crippen molar-refractivity contribution < 1.29 is 9.53 Å². The zero-order valence-electron chi connectivity index (χ0n) is 15.0. The van der Waals surface area contributed by atoms with Crippen molar-refractivity contribution in [1.29, 1.82) is 0 Å². The predicted octanol–water partition coefficient (Wildman–Crippen LogP) is 3.10. The highest BCUT2D eigenvalue weighted by Crippen LogP contribution is 2.28. The van der Waals surface area contributed by atoms with Crippen LogP contribution in [0.4, 0.5) is 5.69 Å². The van der Waals surface area contributed by atoms with E-state index >= 15 is 0 Å². The molecular weight excluding hydrogens is 361 g/mol. The van der Waals surface area contributed by atoms with Crippen LogP contribution in [0.1, 0.15) is 32.1 Å². The number of para-hydroxylation sites is 2. The molecule has 2 rings (SSSR count). The smallest absolute Gasteiger partial charge is 0.222 e. The fourth-order valence-electron chi connectivity index (χ4n) is 3.02. The van der Waals surface area contributed by atoms with E-state index in [0.29, 0.717) is 6.42 Å². The van der Waals surface area contributed by atoms with Gasteiger partial charge in [-0.2, -0.15) is 0 Å². The first-order valence-electron chi connectivity index (χ1n) is 8.62. The monoisotopic (exact) mass is 391 g/mol. The SMILES string of the molecule is COc1ccccc1N1CCN(C(=O)CCCCCCN)CC1.Cl.Cl. The number of amides is 1. The van der Waals surface area contributed by atoms with Gasteiger partial charge in [0.25, 0.3) is 0 Å². The van der Waals surface area contributed by atoms with Crippen LogP contribution in [0.5, 0.6) is 5.75 Å². The molecule has 0 spiro atoms. The van der Waals surface area contributed by atoms with Crippen molar-refractivity contribution in [3.05, 3.63) is 24.3 Å². The molecule has 1 aliphatic rings. The lowest BCUT2D eigenvalue weighted by Gasteiger charge is -2.36. The number of unbranched alkanes of at least 4 members (excludes halogenated alkanes) is 3. The van der Waals surface area contributed by atoms with Crippen molar-refractivity contribution in [2.45, 2.75) is 32.1 Å². The number of ether oxygens (including phenoxy) is 1. The number of piperazine rings is 1. The molecule has 1 aromatic rings. The maximum Gasteiger partial charge on any atom is 0.222 e. The number of carbonyl (C=O) groups is 1. The first kappa shape index (κ1) is 23.8. The molecule has 1 aliphatic heterocycles. The van der Waals surface area contributed by atoms with Gasteiger partial charge in [-0.15, -0.1) is 24.8 Å². The van der Waals surface area contributed by atoms with E-state index in [1.165, 1.54) is 0 Å². The van der Waals surface area contributed by atoms with Crippen LogP contribution in [-0.4, -0.2) is 50.6 Å². The third-order valence-corrected chi connectivity index (χ3v) is 4.40. The molecule has 1 aromatic carbocycles. The highest BCUT2D eigenvalue weighted by Gasteiger charge is 2.22. The van der Waals surface area contributed by atoms with E-state index in [2.05, 4.69) is 11.0 Å². The second kappa shape index (κ2) is 13.1. The van der Waals surface area contributed by atoms with Crippen LogP contribution in [0, 0.1) is 0 Å². The molecule has 0 bridgehead atoms. The van der Waals surface area contributed by atoms with E-state index in [-0.39, 0.29) is 30.7 Å². The van der Waals surface area contributed by atoms with Gasteiger partial charge in [0.15, 0.2) is 0 Å². The first-order valence-corrected chi connectivity index (χ1v) is 8.62. The third-order valence-electron chi connectivity index (χ3n) is 4.40. The van der Waals surface area contributed by atoms with Crippen molar-refractivity contribution in [3.63, 3.8) is 0 Å². The van der Waals surface area contributed by atoms with Crippen molar-refractivity contribution >= 4 is 36.4 Å². The Morgan fingerprint density at radius 2 is 1.68 bits per heavy atom. The van der Waals surface area contributed by atoms with Crippen LogP contribution in [0.25, 0.3) is 0 Å². The maximum absolute atomic E-state index is 12.3. The fourth-order valence-corrected chi connectivity index (χ4v) is 3.02. The Labute approximate surface area is 163 Å². The molecule has 144 valence electrons. The molecule has 2 N–H and O–H groups in total. The number of carbonyl (C=O) groups excluding carboxylic acids is 1. The van der Waals surface area contributed by atoms with Gasteiger partial charge < -0.3 is 20.3 Å². The summed E-state index contributed by atoms with van der Waals surface area (Å²) >= 11 is 0. The number of halogens is 2. The van der Waals surface area contributed by atoms with Gasteiger partial charge >= 0.3 is 0 Å². The summed E-state index contributed by atoms with van der Waals surface area (Å²) in [6.45, 7) is 4.05. The molecule has 0 radical (unpaired) electrons. The number of nitrogens with two attached hydrogens (primary N) is 1. The number of methoxy groups -OCH3 is 1. The normalized spacial score (nSPS) is 13.7. The Balaban J connectivity index is 0.00000288. The fraction of sp³-hybridized carbons (Fsp3) is 0.611. The summed E-state index contributed by atoms with van der Waals surface area (Å²) in [5, 5.41) is 0. The molecule has 0 aliphatic carbocycles. The number of anilines is 1. The van der Waals surface area contributed by atoms with Gasteiger partial charge in [0, 0.05) is 32.6 Å². The Morgan fingerprint density at radius 3 is 2.32 bits per heavy atom. The number of rotatable bonds is 8. The zero-order chi connectivity index (χ0) is 16.5. The highest BCUT2D eigenvalue weighted by molar-refractivity contribution is 5.85. The van der Waals surface area contributed by atoms with Crippen LogP contribution in [0.2, 0.25) is 0 Å². The molecule has 7 heteroatoms. The van der Waals surface area contributed by atoms with Crippen LogP contribution in [0.15, 0.2) is 24.3 Å². The van der Waals surface area contributed by atoms with Gasteiger partial charge in [-0.3, -0.25) is 4.79 Å². The van der Waals surface area contributed by atoms with Gasteiger partial charge in [-0.25, -0.2) is 0 Å². The average molecular weight is 392 g/mol. The highest BCUT2D eigenvalue weighted by atomic mass is 35.5. The van der Waals surface area contributed by atoms with E-state index in [9.17, 15) is 4.79 Å². The Morgan fingerprint density at radius 1 is 1.04 bits per heavy atom. The van der Waals surface area contributed by atoms with Gasteiger partial charge in [0.05, 0.1) is 12.8 Å². The molecule has 1 amide bonds. The van der Waals surface area contributed by atoms with Gasteiger partial charge in [0.1, 0.15) is 5.75 Å². The number of hydrogen-bond acceptors (Lipinski definition) is 4.